The molecule has 1 spiro atoms. The lowest BCUT2D eigenvalue weighted by molar-refractivity contribution is 0.193. The first-order valence-electron chi connectivity index (χ1n) is 7.04. The summed E-state index contributed by atoms with van der Waals surface area (Å²) in [6, 6.07) is 2.06. The van der Waals surface area contributed by atoms with Crippen molar-refractivity contribution in [3.63, 3.8) is 0 Å². The van der Waals surface area contributed by atoms with Crippen molar-refractivity contribution in [1.82, 2.24) is 10.1 Å². The van der Waals surface area contributed by atoms with Crippen LogP contribution in [0, 0.1) is 6.92 Å². The van der Waals surface area contributed by atoms with Gasteiger partial charge in [0.2, 0.25) is 0 Å². The van der Waals surface area contributed by atoms with Crippen molar-refractivity contribution >= 4 is 11.8 Å². The minimum atomic E-state index is 0.547. The van der Waals surface area contributed by atoms with Gasteiger partial charge in [-0.3, -0.25) is 4.90 Å². The Hall–Kier alpha value is -0.480. The van der Waals surface area contributed by atoms with E-state index >= 15 is 0 Å². The summed E-state index contributed by atoms with van der Waals surface area (Å²) >= 11 is 2.22. The number of rotatable bonds is 2. The highest BCUT2D eigenvalue weighted by Gasteiger charge is 2.37. The van der Waals surface area contributed by atoms with Gasteiger partial charge in [0.15, 0.2) is 5.76 Å². The van der Waals surface area contributed by atoms with E-state index in [0.29, 0.717) is 4.75 Å². The molecule has 1 aliphatic carbocycles. The van der Waals surface area contributed by atoms with E-state index in [-0.39, 0.29) is 0 Å². The normalized spacial score (nSPS) is 24.5. The monoisotopic (exact) mass is 266 g/mol. The summed E-state index contributed by atoms with van der Waals surface area (Å²) in [7, 11) is 0. The summed E-state index contributed by atoms with van der Waals surface area (Å²) in [4.78, 5) is 2.56. The van der Waals surface area contributed by atoms with Crippen LogP contribution in [0.2, 0.25) is 0 Å². The second-order valence-corrected chi connectivity index (χ2v) is 7.30. The van der Waals surface area contributed by atoms with Crippen molar-refractivity contribution in [3.05, 3.63) is 17.5 Å². The maximum absolute atomic E-state index is 5.34. The highest BCUT2D eigenvalue weighted by molar-refractivity contribution is 8.00. The fraction of sp³-hybridized carbons (Fsp3) is 0.786. The molecule has 100 valence electrons. The first kappa shape index (κ1) is 12.5. The number of aryl methyl sites for hydroxylation is 1. The molecule has 3 nitrogen and oxygen atoms in total. The van der Waals surface area contributed by atoms with Crippen LogP contribution in [0.1, 0.15) is 43.6 Å². The molecule has 18 heavy (non-hydrogen) atoms. The van der Waals surface area contributed by atoms with Crippen LogP contribution in [0.5, 0.6) is 0 Å². The predicted octanol–water partition coefficient (Wildman–Crippen LogP) is 3.23. The van der Waals surface area contributed by atoms with Gasteiger partial charge in [-0.1, -0.05) is 24.4 Å². The van der Waals surface area contributed by atoms with Crippen LogP contribution in [0.15, 0.2) is 10.6 Å². The van der Waals surface area contributed by atoms with Gasteiger partial charge in [0.25, 0.3) is 0 Å². The number of hydrogen-bond donors (Lipinski definition) is 0. The highest BCUT2D eigenvalue weighted by atomic mass is 32.2. The van der Waals surface area contributed by atoms with Gasteiger partial charge >= 0.3 is 0 Å². The topological polar surface area (TPSA) is 29.3 Å². The standard InChI is InChI=1S/C14H22N2OS/c1-12-9-13(17-15-12)10-16-7-8-18-14(11-16)5-3-2-4-6-14/h9H,2-8,10-11H2,1H3. The largest absolute Gasteiger partial charge is 0.360 e. The molecular formula is C14H22N2OS. The van der Waals surface area contributed by atoms with Gasteiger partial charge in [-0.2, -0.15) is 11.8 Å². The first-order chi connectivity index (χ1) is 8.76. The van der Waals surface area contributed by atoms with Crippen LogP contribution < -0.4 is 0 Å². The van der Waals surface area contributed by atoms with Crippen LogP contribution in [0.3, 0.4) is 0 Å². The Morgan fingerprint density at radius 3 is 2.94 bits per heavy atom. The number of thioether (sulfide) groups is 1. The van der Waals surface area contributed by atoms with Crippen molar-refractivity contribution in [2.75, 3.05) is 18.8 Å². The Morgan fingerprint density at radius 2 is 2.22 bits per heavy atom. The second kappa shape index (κ2) is 5.25. The highest BCUT2D eigenvalue weighted by Crippen LogP contribution is 2.42. The molecule has 0 aromatic carbocycles. The van der Waals surface area contributed by atoms with E-state index in [2.05, 4.69) is 27.9 Å². The van der Waals surface area contributed by atoms with E-state index in [9.17, 15) is 0 Å². The quantitative estimate of drug-likeness (QED) is 0.822. The summed E-state index contributed by atoms with van der Waals surface area (Å²) in [6.07, 6.45) is 7.08. The van der Waals surface area contributed by atoms with E-state index in [0.717, 1.165) is 18.0 Å². The molecule has 4 heteroatoms. The van der Waals surface area contributed by atoms with E-state index in [1.165, 1.54) is 50.9 Å². The van der Waals surface area contributed by atoms with Crippen LogP contribution in [-0.4, -0.2) is 33.6 Å². The van der Waals surface area contributed by atoms with Crippen LogP contribution >= 0.6 is 11.8 Å². The molecule has 1 aromatic rings. The van der Waals surface area contributed by atoms with Gasteiger partial charge in [0.05, 0.1) is 12.2 Å². The summed E-state index contributed by atoms with van der Waals surface area (Å²) < 4.78 is 5.89. The third-order valence-corrected chi connectivity index (χ3v) is 5.68. The Bertz CT molecular complexity index is 393. The smallest absolute Gasteiger partial charge is 0.150 e. The summed E-state index contributed by atoms with van der Waals surface area (Å²) in [5.41, 5.74) is 0.990. The number of hydrogen-bond acceptors (Lipinski definition) is 4. The lowest BCUT2D eigenvalue weighted by Gasteiger charge is -2.44. The van der Waals surface area contributed by atoms with Crippen LogP contribution in [-0.2, 0) is 6.54 Å². The third kappa shape index (κ3) is 2.75. The molecule has 0 radical (unpaired) electrons. The Kier molecular flexibility index (Phi) is 3.66. The fourth-order valence-electron chi connectivity index (χ4n) is 3.27. The molecule has 1 aromatic heterocycles. The van der Waals surface area contributed by atoms with E-state index in [4.69, 9.17) is 4.52 Å². The molecule has 3 rings (SSSR count). The number of nitrogens with zero attached hydrogens (tertiary/aromatic N) is 2. The summed E-state index contributed by atoms with van der Waals surface area (Å²) in [5.74, 6) is 2.29. The third-order valence-electron chi connectivity index (χ3n) is 4.15. The van der Waals surface area contributed by atoms with Crippen molar-refractivity contribution in [2.45, 2.75) is 50.3 Å². The van der Waals surface area contributed by atoms with Crippen molar-refractivity contribution in [1.29, 1.82) is 0 Å². The molecule has 0 atom stereocenters. The van der Waals surface area contributed by atoms with Crippen LogP contribution in [0.25, 0.3) is 0 Å². The molecule has 0 bridgehead atoms. The minimum absolute atomic E-state index is 0.547. The average molecular weight is 266 g/mol. The zero-order valence-corrected chi connectivity index (χ0v) is 12.0. The molecule has 0 amide bonds. The Labute approximate surface area is 113 Å². The van der Waals surface area contributed by atoms with E-state index in [1.54, 1.807) is 0 Å². The number of aromatic nitrogens is 1. The lowest BCUT2D eigenvalue weighted by atomic mass is 9.87. The van der Waals surface area contributed by atoms with Gasteiger partial charge in [-0.15, -0.1) is 0 Å². The van der Waals surface area contributed by atoms with E-state index < -0.39 is 0 Å². The average Bonchev–Trinajstić information content (AvgIpc) is 2.76. The minimum Gasteiger partial charge on any atom is -0.360 e. The van der Waals surface area contributed by atoms with Gasteiger partial charge in [-0.25, -0.2) is 0 Å². The summed E-state index contributed by atoms with van der Waals surface area (Å²) in [5, 5.41) is 3.98. The van der Waals surface area contributed by atoms with Gasteiger partial charge < -0.3 is 4.52 Å². The lowest BCUT2D eigenvalue weighted by Crippen LogP contribution is -2.47. The van der Waals surface area contributed by atoms with Crippen molar-refractivity contribution in [3.8, 4) is 0 Å². The zero-order valence-electron chi connectivity index (χ0n) is 11.2. The molecule has 1 saturated carbocycles. The van der Waals surface area contributed by atoms with Gasteiger partial charge in [-0.05, 0) is 19.8 Å². The Balaban J connectivity index is 1.63. The predicted molar refractivity (Wildman–Crippen MR) is 74.8 cm³/mol. The van der Waals surface area contributed by atoms with Crippen molar-refractivity contribution < 1.29 is 4.52 Å². The second-order valence-electron chi connectivity index (χ2n) is 5.74. The zero-order chi connectivity index (χ0) is 12.4. The maximum atomic E-state index is 5.34. The molecular weight excluding hydrogens is 244 g/mol. The first-order valence-corrected chi connectivity index (χ1v) is 8.03. The summed E-state index contributed by atoms with van der Waals surface area (Å²) in [6.45, 7) is 5.34. The molecule has 1 saturated heterocycles. The van der Waals surface area contributed by atoms with Gasteiger partial charge in [0, 0.05) is 29.7 Å². The van der Waals surface area contributed by atoms with Crippen LogP contribution in [0.4, 0.5) is 0 Å². The molecule has 0 N–H and O–H groups in total. The molecule has 1 aliphatic heterocycles. The maximum Gasteiger partial charge on any atom is 0.150 e. The molecule has 0 unspecified atom stereocenters. The van der Waals surface area contributed by atoms with Gasteiger partial charge in [0.1, 0.15) is 0 Å². The molecule has 2 fully saturated rings. The van der Waals surface area contributed by atoms with E-state index in [1.807, 2.05) is 6.92 Å². The fourth-order valence-corrected chi connectivity index (χ4v) is 4.90. The molecule has 2 heterocycles. The molecule has 2 aliphatic rings. The SMILES string of the molecule is Cc1cc(CN2CCSC3(CCCCC3)C2)on1. The Morgan fingerprint density at radius 1 is 1.39 bits per heavy atom. The van der Waals surface area contributed by atoms with Crippen molar-refractivity contribution in [2.24, 2.45) is 0 Å².